The average molecular weight is 534 g/mol. The number of anilines is 2. The van der Waals surface area contributed by atoms with Crippen molar-refractivity contribution < 1.29 is 18.8 Å². The van der Waals surface area contributed by atoms with Crippen LogP contribution in [-0.4, -0.2) is 61.0 Å². The largest absolute Gasteiger partial charge is 0.363 e. The molecule has 0 radical (unpaired) electrons. The summed E-state index contributed by atoms with van der Waals surface area (Å²) in [5.41, 5.74) is 0.878. The third-order valence-electron chi connectivity index (χ3n) is 5.58. The lowest BCUT2D eigenvalue weighted by atomic mass is 10.2. The molecule has 0 aliphatic carbocycles. The van der Waals surface area contributed by atoms with E-state index < -0.39 is 15.7 Å². The van der Waals surface area contributed by atoms with Crippen molar-refractivity contribution in [1.82, 2.24) is 19.6 Å². The second-order valence-corrected chi connectivity index (χ2v) is 11.1. The van der Waals surface area contributed by atoms with E-state index in [-0.39, 0.29) is 23.0 Å². The first-order valence-electron chi connectivity index (χ1n) is 11.1. The fourth-order valence-corrected chi connectivity index (χ4v) is 5.76. The van der Waals surface area contributed by atoms with Crippen molar-refractivity contribution in [2.75, 3.05) is 36.4 Å². The predicted molar refractivity (Wildman–Crippen MR) is 139 cm³/mol. The van der Waals surface area contributed by atoms with E-state index in [1.807, 2.05) is 4.90 Å². The number of nitrogens with one attached hydrogen (secondary N) is 2. The molecule has 192 valence electrons. The van der Waals surface area contributed by atoms with Crippen LogP contribution in [0.3, 0.4) is 0 Å². The molecule has 1 saturated heterocycles. The molecule has 3 heterocycles. The first-order chi connectivity index (χ1) is 17.2. The van der Waals surface area contributed by atoms with Gasteiger partial charge < -0.3 is 10.2 Å². The number of carbonyl (C=O) groups is 1. The van der Waals surface area contributed by atoms with E-state index in [9.17, 15) is 24.0 Å². The average Bonchev–Trinajstić information content (AvgIpc) is 3.29. The molecule has 0 spiro atoms. The number of nitro groups is 1. The maximum Gasteiger partial charge on any atom is 0.294 e. The molecular weight excluding hydrogens is 506 g/mol. The maximum absolute atomic E-state index is 11.9. The number of piperazine rings is 1. The lowest BCUT2D eigenvalue weighted by Crippen LogP contribution is -2.46. The highest BCUT2D eigenvalue weighted by Gasteiger charge is 2.27. The summed E-state index contributed by atoms with van der Waals surface area (Å²) in [7, 11) is -3.46. The zero-order chi connectivity index (χ0) is 25.7. The number of aromatic nitrogens is 2. The molecule has 36 heavy (non-hydrogen) atoms. The standard InChI is InChI=1S/C22H27N7O5S2/c1-16(30)26-22-24-14-18(35-22)15-27-8-10-28(11-9-27)20-6-5-19(12-21(20)29(31)32)36(33,34)25-13-17-4-2-3-7-23-17/h2-7,12,14,25,33-34H,8-11,13,15H2,1H3,(H,24,26,30). The van der Waals surface area contributed by atoms with Gasteiger partial charge in [-0.25, -0.2) is 9.71 Å². The molecule has 1 aromatic carbocycles. The molecule has 12 nitrogen and oxygen atoms in total. The Bertz CT molecular complexity index is 1220. The second kappa shape index (κ2) is 11.3. The molecule has 3 aromatic rings. The Hall–Kier alpha value is -3.14. The summed E-state index contributed by atoms with van der Waals surface area (Å²) in [5.74, 6) is -0.164. The van der Waals surface area contributed by atoms with E-state index in [0.29, 0.717) is 49.2 Å². The van der Waals surface area contributed by atoms with Crippen molar-refractivity contribution >= 4 is 44.5 Å². The van der Waals surface area contributed by atoms with Gasteiger partial charge in [0.1, 0.15) is 5.69 Å². The third kappa shape index (κ3) is 6.54. The van der Waals surface area contributed by atoms with Crippen LogP contribution in [0.1, 0.15) is 17.5 Å². The smallest absolute Gasteiger partial charge is 0.294 e. The van der Waals surface area contributed by atoms with E-state index in [1.54, 1.807) is 36.7 Å². The molecule has 0 saturated carbocycles. The fourth-order valence-electron chi connectivity index (χ4n) is 3.81. The molecule has 1 amide bonds. The fraction of sp³-hybridized carbons (Fsp3) is 0.318. The zero-order valence-electron chi connectivity index (χ0n) is 19.5. The third-order valence-corrected chi connectivity index (χ3v) is 7.94. The van der Waals surface area contributed by atoms with Gasteiger partial charge in [-0.05, 0) is 24.3 Å². The van der Waals surface area contributed by atoms with Crippen LogP contribution in [0.4, 0.5) is 16.5 Å². The van der Waals surface area contributed by atoms with Crippen LogP contribution >= 0.6 is 22.1 Å². The number of pyridine rings is 1. The van der Waals surface area contributed by atoms with Crippen LogP contribution in [0.2, 0.25) is 0 Å². The number of hydrogen-bond acceptors (Lipinski definition) is 11. The Kier molecular flexibility index (Phi) is 8.13. The summed E-state index contributed by atoms with van der Waals surface area (Å²) >= 11 is 1.42. The van der Waals surface area contributed by atoms with Gasteiger partial charge in [0, 0.05) is 63.0 Å². The molecule has 2 aromatic heterocycles. The number of amides is 1. The Balaban J connectivity index is 1.40. The maximum atomic E-state index is 11.9. The molecule has 4 N–H and O–H groups in total. The van der Waals surface area contributed by atoms with Crippen molar-refractivity contribution in [2.45, 2.75) is 24.9 Å². The van der Waals surface area contributed by atoms with E-state index >= 15 is 0 Å². The van der Waals surface area contributed by atoms with Gasteiger partial charge in [0.2, 0.25) is 5.91 Å². The number of thiazole rings is 1. The second-order valence-electron chi connectivity index (χ2n) is 8.17. The lowest BCUT2D eigenvalue weighted by Gasteiger charge is -2.36. The molecule has 4 rings (SSSR count). The highest BCUT2D eigenvalue weighted by Crippen LogP contribution is 2.47. The normalized spacial score (nSPS) is 15.0. The van der Waals surface area contributed by atoms with Crippen molar-refractivity contribution in [2.24, 2.45) is 0 Å². The SMILES string of the molecule is CC(=O)Nc1ncc(CN2CCN(c3ccc(S(O)(O)NCc4ccccn4)cc3[N+](=O)[O-])CC2)s1. The van der Waals surface area contributed by atoms with E-state index in [2.05, 4.69) is 24.9 Å². The lowest BCUT2D eigenvalue weighted by molar-refractivity contribution is -0.384. The summed E-state index contributed by atoms with van der Waals surface area (Å²) in [6.45, 7) is 4.74. The predicted octanol–water partition coefficient (Wildman–Crippen LogP) is 3.54. The first-order valence-corrected chi connectivity index (χ1v) is 13.5. The highest BCUT2D eigenvalue weighted by atomic mass is 32.3. The minimum Gasteiger partial charge on any atom is -0.363 e. The minimum atomic E-state index is -3.46. The van der Waals surface area contributed by atoms with Crippen molar-refractivity contribution in [1.29, 1.82) is 0 Å². The van der Waals surface area contributed by atoms with Crippen molar-refractivity contribution in [3.05, 3.63) is 69.5 Å². The first kappa shape index (κ1) is 25.9. The Labute approximate surface area is 213 Å². The monoisotopic (exact) mass is 533 g/mol. The number of nitro benzene ring substituents is 1. The number of carbonyl (C=O) groups excluding carboxylic acids is 1. The summed E-state index contributed by atoms with van der Waals surface area (Å²) in [6, 6.07) is 9.59. The minimum absolute atomic E-state index is 0.0488. The summed E-state index contributed by atoms with van der Waals surface area (Å²) < 4.78 is 23.9. The molecule has 0 unspecified atom stereocenters. The Morgan fingerprint density at radius 1 is 1.19 bits per heavy atom. The van der Waals surface area contributed by atoms with Crippen molar-refractivity contribution in [3.8, 4) is 0 Å². The summed E-state index contributed by atoms with van der Waals surface area (Å²) in [4.78, 5) is 36.1. The van der Waals surface area contributed by atoms with Crippen molar-refractivity contribution in [3.63, 3.8) is 0 Å². The van der Waals surface area contributed by atoms with Gasteiger partial charge in [-0.15, -0.1) is 22.1 Å². The van der Waals surface area contributed by atoms with Crippen LogP contribution in [0.5, 0.6) is 0 Å². The van der Waals surface area contributed by atoms with Gasteiger partial charge in [-0.2, -0.15) is 0 Å². The Morgan fingerprint density at radius 3 is 2.64 bits per heavy atom. The molecule has 0 atom stereocenters. The summed E-state index contributed by atoms with van der Waals surface area (Å²) in [6.07, 6.45) is 3.34. The number of benzene rings is 1. The highest BCUT2D eigenvalue weighted by molar-refractivity contribution is 8.22. The molecular formula is C22H27N7O5S2. The number of hydrogen-bond donors (Lipinski definition) is 4. The molecule has 0 bridgehead atoms. The van der Waals surface area contributed by atoms with Crippen LogP contribution in [-0.2, 0) is 17.9 Å². The molecule has 1 aliphatic heterocycles. The summed E-state index contributed by atoms with van der Waals surface area (Å²) in [5, 5.41) is 15.1. The van der Waals surface area contributed by atoms with Crippen LogP contribution in [0.25, 0.3) is 0 Å². The topological polar surface area (TPSA) is 157 Å². The number of nitrogens with zero attached hydrogens (tertiary/aromatic N) is 5. The van der Waals surface area contributed by atoms with Gasteiger partial charge in [-0.3, -0.25) is 33.9 Å². The molecule has 14 heteroatoms. The van der Waals surface area contributed by atoms with Crippen LogP contribution in [0, 0.1) is 10.1 Å². The van der Waals surface area contributed by atoms with Gasteiger partial charge in [0.15, 0.2) is 5.13 Å². The van der Waals surface area contributed by atoms with E-state index in [4.69, 9.17) is 0 Å². The van der Waals surface area contributed by atoms with Gasteiger partial charge >= 0.3 is 0 Å². The van der Waals surface area contributed by atoms with E-state index in [1.165, 1.54) is 30.4 Å². The Morgan fingerprint density at radius 2 is 1.97 bits per heavy atom. The number of rotatable bonds is 9. The van der Waals surface area contributed by atoms with Crippen LogP contribution < -0.4 is 14.9 Å². The molecule has 1 aliphatic rings. The van der Waals surface area contributed by atoms with Gasteiger partial charge in [0.05, 0.1) is 22.1 Å². The van der Waals surface area contributed by atoms with Crippen LogP contribution in [0.15, 0.2) is 53.7 Å². The van der Waals surface area contributed by atoms with Gasteiger partial charge in [-0.1, -0.05) is 6.07 Å². The zero-order valence-corrected chi connectivity index (χ0v) is 21.2. The quantitative estimate of drug-likeness (QED) is 0.237. The van der Waals surface area contributed by atoms with E-state index in [0.717, 1.165) is 4.88 Å². The van der Waals surface area contributed by atoms with Gasteiger partial charge in [0.25, 0.3) is 5.69 Å². The molecule has 1 fully saturated rings.